The molecule has 3 N–H and O–H groups in total. The van der Waals surface area contributed by atoms with Crippen LogP contribution in [-0.4, -0.2) is 20.4 Å². The van der Waals surface area contributed by atoms with Gasteiger partial charge in [-0.25, -0.2) is 13.6 Å². The number of halogens is 2. The first-order valence-electron chi connectivity index (χ1n) is 7.18. The zero-order valence-corrected chi connectivity index (χ0v) is 16.4. The summed E-state index contributed by atoms with van der Waals surface area (Å²) >= 11 is 9.19. The molecular formula is C16H16BrClN2O4S. The second-order valence-electron chi connectivity index (χ2n) is 5.24. The second kappa shape index (κ2) is 8.18. The van der Waals surface area contributed by atoms with Crippen molar-refractivity contribution < 1.29 is 17.9 Å². The zero-order valence-electron chi connectivity index (χ0n) is 13.2. The van der Waals surface area contributed by atoms with Crippen LogP contribution in [0.3, 0.4) is 0 Å². The SMILES string of the molecule is CC(Oc1ccc(Cl)cc1Br)C(=O)NCc1ccc(S(N)(=O)=O)cc1. The normalized spacial score (nSPS) is 12.5. The molecule has 0 saturated carbocycles. The summed E-state index contributed by atoms with van der Waals surface area (Å²) in [6.07, 6.45) is -0.721. The van der Waals surface area contributed by atoms with Gasteiger partial charge < -0.3 is 10.1 Å². The molecule has 1 amide bonds. The van der Waals surface area contributed by atoms with Crippen LogP contribution >= 0.6 is 27.5 Å². The molecule has 0 bridgehead atoms. The maximum atomic E-state index is 12.1. The molecule has 1 atom stereocenters. The molecule has 1 unspecified atom stereocenters. The van der Waals surface area contributed by atoms with Crippen molar-refractivity contribution in [3.8, 4) is 5.75 Å². The summed E-state index contributed by atoms with van der Waals surface area (Å²) < 4.78 is 28.7. The summed E-state index contributed by atoms with van der Waals surface area (Å²) in [5, 5.41) is 8.31. The van der Waals surface area contributed by atoms with Gasteiger partial charge in [0.1, 0.15) is 5.75 Å². The lowest BCUT2D eigenvalue weighted by molar-refractivity contribution is -0.127. The van der Waals surface area contributed by atoms with Crippen molar-refractivity contribution in [2.45, 2.75) is 24.5 Å². The van der Waals surface area contributed by atoms with Gasteiger partial charge >= 0.3 is 0 Å². The Morgan fingerprint density at radius 3 is 2.48 bits per heavy atom. The first kappa shape index (κ1) is 19.7. The number of benzene rings is 2. The Morgan fingerprint density at radius 2 is 1.92 bits per heavy atom. The van der Waals surface area contributed by atoms with E-state index in [9.17, 15) is 13.2 Å². The van der Waals surface area contributed by atoms with Crippen molar-refractivity contribution >= 4 is 43.5 Å². The summed E-state index contributed by atoms with van der Waals surface area (Å²) in [4.78, 5) is 12.2. The van der Waals surface area contributed by atoms with Crippen molar-refractivity contribution in [1.29, 1.82) is 0 Å². The minimum atomic E-state index is -3.73. The van der Waals surface area contributed by atoms with E-state index in [0.29, 0.717) is 15.2 Å². The third-order valence-electron chi connectivity index (χ3n) is 3.29. The molecular weight excluding hydrogens is 432 g/mol. The van der Waals surface area contributed by atoms with E-state index >= 15 is 0 Å². The van der Waals surface area contributed by atoms with E-state index in [-0.39, 0.29) is 17.3 Å². The van der Waals surface area contributed by atoms with Crippen LogP contribution in [0.5, 0.6) is 5.75 Å². The van der Waals surface area contributed by atoms with E-state index in [2.05, 4.69) is 21.2 Å². The predicted octanol–water partition coefficient (Wildman–Crippen LogP) is 2.83. The number of amides is 1. The Morgan fingerprint density at radius 1 is 1.28 bits per heavy atom. The minimum absolute atomic E-state index is 0.0202. The third-order valence-corrected chi connectivity index (χ3v) is 5.07. The van der Waals surface area contributed by atoms with Crippen LogP contribution < -0.4 is 15.2 Å². The highest BCUT2D eigenvalue weighted by molar-refractivity contribution is 9.10. The molecule has 0 saturated heterocycles. The lowest BCUT2D eigenvalue weighted by atomic mass is 10.2. The number of rotatable bonds is 6. The quantitative estimate of drug-likeness (QED) is 0.711. The van der Waals surface area contributed by atoms with Crippen molar-refractivity contribution in [3.05, 3.63) is 57.5 Å². The average molecular weight is 448 g/mol. The molecule has 0 aromatic heterocycles. The number of ether oxygens (including phenoxy) is 1. The zero-order chi connectivity index (χ0) is 18.6. The van der Waals surface area contributed by atoms with Gasteiger partial charge in [0, 0.05) is 11.6 Å². The van der Waals surface area contributed by atoms with Crippen molar-refractivity contribution in [1.82, 2.24) is 5.32 Å². The number of nitrogens with two attached hydrogens (primary N) is 1. The van der Waals surface area contributed by atoms with E-state index in [1.807, 2.05) is 0 Å². The minimum Gasteiger partial charge on any atom is -0.480 e. The summed E-state index contributed by atoms with van der Waals surface area (Å²) in [6.45, 7) is 1.86. The second-order valence-corrected chi connectivity index (χ2v) is 8.09. The van der Waals surface area contributed by atoms with Gasteiger partial charge in [-0.3, -0.25) is 4.79 Å². The molecule has 2 aromatic carbocycles. The predicted molar refractivity (Wildman–Crippen MR) is 98.9 cm³/mol. The Hall–Kier alpha value is -1.61. The average Bonchev–Trinajstić information content (AvgIpc) is 2.54. The number of primary sulfonamides is 1. The standard InChI is InChI=1S/C16H16BrClN2O4S/c1-10(24-15-7-4-12(18)8-14(15)17)16(21)20-9-11-2-5-13(6-3-11)25(19,22)23/h2-8,10H,9H2,1H3,(H,20,21)(H2,19,22,23). The van der Waals surface area contributed by atoms with Crippen LogP contribution in [0.15, 0.2) is 51.8 Å². The van der Waals surface area contributed by atoms with Crippen molar-refractivity contribution in [2.75, 3.05) is 0 Å². The van der Waals surface area contributed by atoms with E-state index in [1.54, 1.807) is 37.3 Å². The summed E-state index contributed by atoms with van der Waals surface area (Å²) in [7, 11) is -3.73. The van der Waals surface area contributed by atoms with Gasteiger partial charge in [-0.2, -0.15) is 0 Å². The first-order valence-corrected chi connectivity index (χ1v) is 9.89. The number of carbonyl (C=O) groups is 1. The van der Waals surface area contributed by atoms with Crippen LogP contribution in [0.25, 0.3) is 0 Å². The molecule has 2 rings (SSSR count). The number of carbonyl (C=O) groups excluding carboxylic acids is 1. The summed E-state index contributed by atoms with van der Waals surface area (Å²) in [5.74, 6) is 0.196. The summed E-state index contributed by atoms with van der Waals surface area (Å²) in [6, 6.07) is 11.0. The van der Waals surface area contributed by atoms with Gasteiger partial charge in [0.25, 0.3) is 5.91 Å². The smallest absolute Gasteiger partial charge is 0.261 e. The van der Waals surface area contributed by atoms with E-state index < -0.39 is 16.1 Å². The molecule has 0 fully saturated rings. The molecule has 0 aliphatic heterocycles. The molecule has 9 heteroatoms. The van der Waals surface area contributed by atoms with E-state index in [4.69, 9.17) is 21.5 Å². The first-order chi connectivity index (χ1) is 11.7. The lowest BCUT2D eigenvalue weighted by Crippen LogP contribution is -2.36. The van der Waals surface area contributed by atoms with E-state index in [0.717, 1.165) is 5.56 Å². The van der Waals surface area contributed by atoms with Crippen LogP contribution in [0.1, 0.15) is 12.5 Å². The maximum absolute atomic E-state index is 12.1. The van der Waals surface area contributed by atoms with Crippen LogP contribution in [0, 0.1) is 0 Å². The Labute approximate surface area is 159 Å². The molecule has 0 spiro atoms. The highest BCUT2D eigenvalue weighted by Crippen LogP contribution is 2.28. The monoisotopic (exact) mass is 446 g/mol. The van der Waals surface area contributed by atoms with Gasteiger partial charge in [0.2, 0.25) is 10.0 Å². The topological polar surface area (TPSA) is 98.5 Å². The highest BCUT2D eigenvalue weighted by Gasteiger charge is 2.16. The number of nitrogens with one attached hydrogen (secondary N) is 1. The Kier molecular flexibility index (Phi) is 6.45. The molecule has 25 heavy (non-hydrogen) atoms. The lowest BCUT2D eigenvalue weighted by Gasteiger charge is -2.16. The van der Waals surface area contributed by atoms with Crippen LogP contribution in [-0.2, 0) is 21.4 Å². The van der Waals surface area contributed by atoms with Gasteiger partial charge in [-0.1, -0.05) is 23.7 Å². The fraction of sp³-hybridized carbons (Fsp3) is 0.188. The largest absolute Gasteiger partial charge is 0.480 e. The van der Waals surface area contributed by atoms with Gasteiger partial charge in [-0.15, -0.1) is 0 Å². The molecule has 0 aliphatic rings. The molecule has 6 nitrogen and oxygen atoms in total. The van der Waals surface area contributed by atoms with Crippen LogP contribution in [0.4, 0.5) is 0 Å². The van der Waals surface area contributed by atoms with Gasteiger partial charge in [0.05, 0.1) is 9.37 Å². The molecule has 0 radical (unpaired) electrons. The molecule has 0 heterocycles. The summed E-state index contributed by atoms with van der Waals surface area (Å²) in [5.41, 5.74) is 0.737. The highest BCUT2D eigenvalue weighted by atomic mass is 79.9. The maximum Gasteiger partial charge on any atom is 0.261 e. The van der Waals surface area contributed by atoms with Gasteiger partial charge in [0.15, 0.2) is 6.10 Å². The number of hydrogen-bond acceptors (Lipinski definition) is 4. The number of hydrogen-bond donors (Lipinski definition) is 2. The van der Waals surface area contributed by atoms with Crippen LogP contribution in [0.2, 0.25) is 5.02 Å². The Bertz CT molecular complexity index is 872. The fourth-order valence-electron chi connectivity index (χ4n) is 1.94. The third kappa shape index (κ3) is 5.71. The molecule has 2 aromatic rings. The number of sulfonamides is 1. The van der Waals surface area contributed by atoms with E-state index in [1.165, 1.54) is 12.1 Å². The fourth-order valence-corrected chi connectivity index (χ4v) is 3.24. The van der Waals surface area contributed by atoms with Crippen molar-refractivity contribution in [2.24, 2.45) is 5.14 Å². The molecule has 0 aliphatic carbocycles. The Balaban J connectivity index is 1.93. The van der Waals surface area contributed by atoms with Crippen molar-refractivity contribution in [3.63, 3.8) is 0 Å². The van der Waals surface area contributed by atoms with Gasteiger partial charge in [-0.05, 0) is 58.7 Å². The molecule has 134 valence electrons.